The summed E-state index contributed by atoms with van der Waals surface area (Å²) in [6.07, 6.45) is 7.05. The van der Waals surface area contributed by atoms with Crippen LogP contribution in [0.4, 0.5) is 0 Å². The Bertz CT molecular complexity index is 565. The van der Waals surface area contributed by atoms with E-state index in [1.807, 2.05) is 29.1 Å². The Morgan fingerprint density at radius 2 is 2.05 bits per heavy atom. The van der Waals surface area contributed by atoms with Gasteiger partial charge in [-0.25, -0.2) is 4.68 Å². The maximum Gasteiger partial charge on any atom is 0.0849 e. The molecule has 2 aliphatic rings. The smallest absolute Gasteiger partial charge is 0.0849 e. The predicted molar refractivity (Wildman–Crippen MR) is 73.0 cm³/mol. The molecule has 1 aliphatic carbocycles. The van der Waals surface area contributed by atoms with Crippen LogP contribution in [0.15, 0.2) is 36.5 Å². The fraction of sp³-hybridized carbons (Fsp3) is 0.467. The van der Waals surface area contributed by atoms with Crippen LogP contribution in [0.5, 0.6) is 0 Å². The molecule has 1 saturated carbocycles. The highest BCUT2D eigenvalue weighted by Crippen LogP contribution is 2.50. The highest BCUT2D eigenvalue weighted by Gasteiger charge is 2.50. The molecular formula is C15H18N4. The van der Waals surface area contributed by atoms with Crippen molar-refractivity contribution in [3.63, 3.8) is 0 Å². The zero-order valence-electron chi connectivity index (χ0n) is 10.9. The van der Waals surface area contributed by atoms with E-state index in [0.717, 1.165) is 18.2 Å². The Balaban J connectivity index is 1.82. The van der Waals surface area contributed by atoms with Crippen LogP contribution in [-0.2, 0) is 5.54 Å². The van der Waals surface area contributed by atoms with Gasteiger partial charge in [0.2, 0.25) is 0 Å². The van der Waals surface area contributed by atoms with Gasteiger partial charge in [-0.15, -0.1) is 5.10 Å². The van der Waals surface area contributed by atoms with Gasteiger partial charge in [-0.2, -0.15) is 0 Å². The second-order valence-corrected chi connectivity index (χ2v) is 5.64. The molecule has 2 heterocycles. The van der Waals surface area contributed by atoms with Crippen molar-refractivity contribution in [1.29, 1.82) is 0 Å². The molecule has 1 unspecified atom stereocenters. The molecule has 4 rings (SSSR count). The van der Waals surface area contributed by atoms with Crippen LogP contribution in [0.25, 0.3) is 5.69 Å². The van der Waals surface area contributed by atoms with Gasteiger partial charge in [0.1, 0.15) is 0 Å². The summed E-state index contributed by atoms with van der Waals surface area (Å²) in [5.41, 5.74) is 2.45. The van der Waals surface area contributed by atoms with Gasteiger partial charge in [0.25, 0.3) is 0 Å². The second kappa shape index (κ2) is 4.17. The van der Waals surface area contributed by atoms with Gasteiger partial charge in [0, 0.05) is 0 Å². The van der Waals surface area contributed by atoms with Gasteiger partial charge in [0.15, 0.2) is 0 Å². The van der Waals surface area contributed by atoms with E-state index in [1.165, 1.54) is 31.4 Å². The van der Waals surface area contributed by atoms with Gasteiger partial charge >= 0.3 is 0 Å². The van der Waals surface area contributed by atoms with E-state index < -0.39 is 0 Å². The van der Waals surface area contributed by atoms with Gasteiger partial charge in [-0.3, -0.25) is 0 Å². The zero-order chi connectivity index (χ0) is 12.7. The zero-order valence-corrected chi connectivity index (χ0v) is 10.9. The number of benzene rings is 1. The monoisotopic (exact) mass is 254 g/mol. The molecular weight excluding hydrogens is 236 g/mol. The molecule has 1 aromatic carbocycles. The Morgan fingerprint density at radius 3 is 2.74 bits per heavy atom. The number of para-hydroxylation sites is 1. The van der Waals surface area contributed by atoms with Gasteiger partial charge in [0.05, 0.1) is 23.1 Å². The van der Waals surface area contributed by atoms with Crippen molar-refractivity contribution in [2.75, 3.05) is 6.54 Å². The van der Waals surface area contributed by atoms with E-state index in [1.54, 1.807) is 0 Å². The maximum absolute atomic E-state index is 4.31. The Labute approximate surface area is 112 Å². The minimum Gasteiger partial charge on any atom is -0.306 e. The van der Waals surface area contributed by atoms with Crippen molar-refractivity contribution < 1.29 is 0 Å². The molecule has 1 saturated heterocycles. The van der Waals surface area contributed by atoms with Crippen LogP contribution in [0.1, 0.15) is 31.4 Å². The summed E-state index contributed by atoms with van der Waals surface area (Å²) in [5, 5.41) is 12.2. The lowest BCUT2D eigenvalue weighted by molar-refractivity contribution is 0.318. The van der Waals surface area contributed by atoms with Crippen molar-refractivity contribution >= 4 is 0 Å². The van der Waals surface area contributed by atoms with Crippen molar-refractivity contribution in [3.05, 3.63) is 42.2 Å². The number of nitrogens with one attached hydrogen (secondary N) is 1. The standard InChI is InChI=1S/C15H18N4/c1-2-5-13(6-3-1)19-14(11-17-18-19)15(12-7-8-12)9-4-10-16-15/h1-3,5-6,11-12,16H,4,7-10H2. The quantitative estimate of drug-likeness (QED) is 0.913. The van der Waals surface area contributed by atoms with Crippen LogP contribution < -0.4 is 5.32 Å². The van der Waals surface area contributed by atoms with Crippen LogP contribution in [-0.4, -0.2) is 21.5 Å². The minimum atomic E-state index is 0.110. The van der Waals surface area contributed by atoms with E-state index in [9.17, 15) is 0 Å². The average molecular weight is 254 g/mol. The van der Waals surface area contributed by atoms with Gasteiger partial charge in [-0.1, -0.05) is 23.4 Å². The Morgan fingerprint density at radius 1 is 1.21 bits per heavy atom. The molecule has 98 valence electrons. The summed E-state index contributed by atoms with van der Waals surface area (Å²) >= 11 is 0. The molecule has 1 aromatic heterocycles. The van der Waals surface area contributed by atoms with Gasteiger partial charge < -0.3 is 5.32 Å². The molecule has 0 spiro atoms. The molecule has 1 N–H and O–H groups in total. The molecule has 19 heavy (non-hydrogen) atoms. The average Bonchev–Trinajstić information content (AvgIpc) is 3.03. The van der Waals surface area contributed by atoms with E-state index in [0.29, 0.717) is 0 Å². The SMILES string of the molecule is c1ccc(-n2nncc2C2(C3CC3)CCCN2)cc1. The Hall–Kier alpha value is -1.68. The highest BCUT2D eigenvalue weighted by atomic mass is 15.4. The van der Waals surface area contributed by atoms with Crippen molar-refractivity contribution in [1.82, 2.24) is 20.3 Å². The Kier molecular flexibility index (Phi) is 2.45. The summed E-state index contributed by atoms with van der Waals surface area (Å²) < 4.78 is 2.01. The molecule has 4 nitrogen and oxygen atoms in total. The first kappa shape index (κ1) is 11.2. The second-order valence-electron chi connectivity index (χ2n) is 5.64. The molecule has 0 bridgehead atoms. The third-order valence-corrected chi connectivity index (χ3v) is 4.47. The van der Waals surface area contributed by atoms with Crippen LogP contribution >= 0.6 is 0 Å². The number of hydrogen-bond donors (Lipinski definition) is 1. The predicted octanol–water partition coefficient (Wildman–Crippen LogP) is 2.26. The molecule has 1 aliphatic heterocycles. The fourth-order valence-corrected chi connectivity index (χ4v) is 3.42. The van der Waals surface area contributed by atoms with E-state index in [4.69, 9.17) is 0 Å². The summed E-state index contributed by atoms with van der Waals surface area (Å²) in [6.45, 7) is 1.11. The lowest BCUT2D eigenvalue weighted by Crippen LogP contribution is -2.40. The van der Waals surface area contributed by atoms with E-state index in [2.05, 4.69) is 27.8 Å². The van der Waals surface area contributed by atoms with Gasteiger partial charge in [-0.05, 0) is 50.3 Å². The molecule has 4 heteroatoms. The number of hydrogen-bond acceptors (Lipinski definition) is 3. The molecule has 0 amide bonds. The molecule has 2 aromatic rings. The largest absolute Gasteiger partial charge is 0.306 e. The van der Waals surface area contributed by atoms with Crippen LogP contribution in [0, 0.1) is 5.92 Å². The van der Waals surface area contributed by atoms with Crippen LogP contribution in [0.2, 0.25) is 0 Å². The third kappa shape index (κ3) is 1.70. The summed E-state index contributed by atoms with van der Waals surface area (Å²) in [4.78, 5) is 0. The number of rotatable bonds is 3. The normalized spacial score (nSPS) is 26.7. The lowest BCUT2D eigenvalue weighted by Gasteiger charge is -2.29. The van der Waals surface area contributed by atoms with Crippen LogP contribution in [0.3, 0.4) is 0 Å². The van der Waals surface area contributed by atoms with E-state index >= 15 is 0 Å². The molecule has 2 fully saturated rings. The van der Waals surface area contributed by atoms with Crippen molar-refractivity contribution in [2.45, 2.75) is 31.2 Å². The fourth-order valence-electron chi connectivity index (χ4n) is 3.42. The van der Waals surface area contributed by atoms with E-state index in [-0.39, 0.29) is 5.54 Å². The number of aromatic nitrogens is 3. The molecule has 0 radical (unpaired) electrons. The number of nitrogens with zero attached hydrogens (tertiary/aromatic N) is 3. The van der Waals surface area contributed by atoms with Crippen molar-refractivity contribution in [2.24, 2.45) is 5.92 Å². The first-order chi connectivity index (χ1) is 9.40. The maximum atomic E-state index is 4.31. The lowest BCUT2D eigenvalue weighted by atomic mass is 9.88. The topological polar surface area (TPSA) is 42.7 Å². The first-order valence-corrected chi connectivity index (χ1v) is 7.12. The van der Waals surface area contributed by atoms with Crippen molar-refractivity contribution in [3.8, 4) is 5.69 Å². The highest BCUT2D eigenvalue weighted by molar-refractivity contribution is 5.34. The molecule has 1 atom stereocenters. The minimum absolute atomic E-state index is 0.110. The summed E-state index contributed by atoms with van der Waals surface area (Å²) in [5.74, 6) is 0.760. The first-order valence-electron chi connectivity index (χ1n) is 7.12. The summed E-state index contributed by atoms with van der Waals surface area (Å²) in [6, 6.07) is 10.3. The third-order valence-electron chi connectivity index (χ3n) is 4.47. The summed E-state index contributed by atoms with van der Waals surface area (Å²) in [7, 11) is 0.